The van der Waals surface area contributed by atoms with Crippen molar-refractivity contribution < 1.29 is 9.53 Å². The average Bonchev–Trinajstić information content (AvgIpc) is 2.57. The van der Waals surface area contributed by atoms with Crippen molar-refractivity contribution in [2.75, 3.05) is 5.32 Å². The Hall–Kier alpha value is -3.21. The molecule has 2 aromatic carbocycles. The monoisotopic (exact) mass is 291 g/mol. The van der Waals surface area contributed by atoms with Gasteiger partial charge in [-0.2, -0.15) is 0 Å². The Morgan fingerprint density at radius 1 is 0.818 bits per heavy atom. The molecule has 0 aliphatic carbocycles. The minimum atomic E-state index is -0.266. The van der Waals surface area contributed by atoms with Crippen LogP contribution >= 0.6 is 0 Å². The number of ether oxygens (including phenoxy) is 1. The highest BCUT2D eigenvalue weighted by Crippen LogP contribution is 2.21. The lowest BCUT2D eigenvalue weighted by Crippen LogP contribution is -2.13. The second kappa shape index (κ2) is 6.49. The van der Waals surface area contributed by atoms with E-state index in [9.17, 15) is 4.79 Å². The highest BCUT2D eigenvalue weighted by atomic mass is 16.5. The molecule has 108 valence electrons. The maximum atomic E-state index is 12.1. The summed E-state index contributed by atoms with van der Waals surface area (Å²) in [5.74, 6) is 1.42. The SMILES string of the molecule is O=C(Nc1ncccn1)c1ccc(Oc2ccccc2)cc1. The van der Waals surface area contributed by atoms with Crippen LogP contribution in [0.3, 0.4) is 0 Å². The van der Waals surface area contributed by atoms with Crippen molar-refractivity contribution in [1.82, 2.24) is 9.97 Å². The number of anilines is 1. The Morgan fingerprint density at radius 3 is 2.14 bits per heavy atom. The fraction of sp³-hybridized carbons (Fsp3) is 0. The minimum Gasteiger partial charge on any atom is -0.457 e. The van der Waals surface area contributed by atoms with Gasteiger partial charge in [0.2, 0.25) is 5.95 Å². The molecule has 0 unspecified atom stereocenters. The number of benzene rings is 2. The first-order valence-electron chi connectivity index (χ1n) is 6.72. The number of nitrogens with one attached hydrogen (secondary N) is 1. The number of para-hydroxylation sites is 1. The number of hydrogen-bond donors (Lipinski definition) is 1. The molecule has 1 heterocycles. The Kier molecular flexibility index (Phi) is 4.06. The Labute approximate surface area is 127 Å². The van der Waals surface area contributed by atoms with Crippen molar-refractivity contribution in [3.8, 4) is 11.5 Å². The van der Waals surface area contributed by atoms with E-state index in [1.807, 2.05) is 30.3 Å². The van der Waals surface area contributed by atoms with Crippen molar-refractivity contribution in [1.29, 1.82) is 0 Å². The van der Waals surface area contributed by atoms with Gasteiger partial charge in [0.15, 0.2) is 0 Å². The predicted molar refractivity (Wildman–Crippen MR) is 82.9 cm³/mol. The lowest BCUT2D eigenvalue weighted by molar-refractivity contribution is 0.102. The first-order valence-corrected chi connectivity index (χ1v) is 6.72. The van der Waals surface area contributed by atoms with E-state index < -0.39 is 0 Å². The molecule has 0 saturated heterocycles. The lowest BCUT2D eigenvalue weighted by Gasteiger charge is -2.07. The molecule has 0 aliphatic heterocycles. The smallest absolute Gasteiger partial charge is 0.258 e. The summed E-state index contributed by atoms with van der Waals surface area (Å²) in [7, 11) is 0. The summed E-state index contributed by atoms with van der Waals surface area (Å²) in [6.45, 7) is 0. The molecule has 0 fully saturated rings. The number of carbonyl (C=O) groups excluding carboxylic acids is 1. The number of rotatable bonds is 4. The Balaban J connectivity index is 1.67. The van der Waals surface area contributed by atoms with Gasteiger partial charge in [-0.1, -0.05) is 18.2 Å². The van der Waals surface area contributed by atoms with Gasteiger partial charge in [-0.3, -0.25) is 10.1 Å². The molecule has 22 heavy (non-hydrogen) atoms. The van der Waals surface area contributed by atoms with Crippen LogP contribution in [0.15, 0.2) is 73.1 Å². The van der Waals surface area contributed by atoms with E-state index in [2.05, 4.69) is 15.3 Å². The molecule has 5 heteroatoms. The van der Waals surface area contributed by atoms with Crippen molar-refractivity contribution >= 4 is 11.9 Å². The summed E-state index contributed by atoms with van der Waals surface area (Å²) in [5, 5.41) is 2.63. The zero-order valence-corrected chi connectivity index (χ0v) is 11.6. The molecule has 3 rings (SSSR count). The van der Waals surface area contributed by atoms with Gasteiger partial charge in [-0.25, -0.2) is 9.97 Å². The summed E-state index contributed by atoms with van der Waals surface area (Å²) >= 11 is 0. The van der Waals surface area contributed by atoms with Gasteiger partial charge in [-0.15, -0.1) is 0 Å². The highest BCUT2D eigenvalue weighted by molar-refractivity contribution is 6.03. The first-order chi connectivity index (χ1) is 10.8. The third kappa shape index (κ3) is 3.46. The van der Waals surface area contributed by atoms with Gasteiger partial charge in [0, 0.05) is 18.0 Å². The summed E-state index contributed by atoms with van der Waals surface area (Å²) < 4.78 is 5.67. The van der Waals surface area contributed by atoms with E-state index in [4.69, 9.17) is 4.74 Å². The third-order valence-electron chi connectivity index (χ3n) is 2.89. The first kappa shape index (κ1) is 13.8. The molecule has 5 nitrogen and oxygen atoms in total. The van der Waals surface area contributed by atoms with Crippen LogP contribution in [0.4, 0.5) is 5.95 Å². The molecule has 1 N–H and O–H groups in total. The average molecular weight is 291 g/mol. The van der Waals surface area contributed by atoms with Crippen LogP contribution < -0.4 is 10.1 Å². The van der Waals surface area contributed by atoms with E-state index >= 15 is 0 Å². The highest BCUT2D eigenvalue weighted by Gasteiger charge is 2.07. The molecular weight excluding hydrogens is 278 g/mol. The molecule has 0 aliphatic rings. The fourth-order valence-corrected chi connectivity index (χ4v) is 1.84. The fourth-order valence-electron chi connectivity index (χ4n) is 1.84. The standard InChI is InChI=1S/C17H13N3O2/c21-16(20-17-18-11-4-12-19-17)13-7-9-15(10-8-13)22-14-5-2-1-3-6-14/h1-12H,(H,18,19,20,21). The number of nitrogens with zero attached hydrogens (tertiary/aromatic N) is 2. The molecule has 1 amide bonds. The van der Waals surface area contributed by atoms with Crippen LogP contribution in [0.25, 0.3) is 0 Å². The summed E-state index contributed by atoms with van der Waals surface area (Å²) in [5.41, 5.74) is 0.507. The Bertz CT molecular complexity index is 744. The van der Waals surface area contributed by atoms with Gasteiger partial charge < -0.3 is 4.74 Å². The van der Waals surface area contributed by atoms with Gasteiger partial charge >= 0.3 is 0 Å². The van der Waals surface area contributed by atoms with Crippen LogP contribution in [0.5, 0.6) is 11.5 Å². The molecule has 0 spiro atoms. The van der Waals surface area contributed by atoms with Gasteiger partial charge in [0.1, 0.15) is 11.5 Å². The normalized spacial score (nSPS) is 10.0. The number of aromatic nitrogens is 2. The molecule has 3 aromatic rings. The van der Waals surface area contributed by atoms with Crippen molar-refractivity contribution in [3.63, 3.8) is 0 Å². The van der Waals surface area contributed by atoms with Crippen LogP contribution in [0.2, 0.25) is 0 Å². The lowest BCUT2D eigenvalue weighted by atomic mass is 10.2. The van der Waals surface area contributed by atoms with E-state index in [1.165, 1.54) is 0 Å². The summed E-state index contributed by atoms with van der Waals surface area (Å²) in [6.07, 6.45) is 3.14. The van der Waals surface area contributed by atoms with E-state index in [-0.39, 0.29) is 11.9 Å². The number of hydrogen-bond acceptors (Lipinski definition) is 4. The second-order valence-electron chi connectivity index (χ2n) is 4.47. The predicted octanol–water partition coefficient (Wildman–Crippen LogP) is 3.52. The van der Waals surface area contributed by atoms with Gasteiger partial charge in [0.05, 0.1) is 0 Å². The summed E-state index contributed by atoms with van der Waals surface area (Å²) in [4.78, 5) is 20.0. The van der Waals surface area contributed by atoms with Gasteiger partial charge in [-0.05, 0) is 42.5 Å². The van der Waals surface area contributed by atoms with Crippen molar-refractivity contribution in [2.24, 2.45) is 0 Å². The van der Waals surface area contributed by atoms with Crippen LogP contribution in [0.1, 0.15) is 10.4 Å². The molecular formula is C17H13N3O2. The topological polar surface area (TPSA) is 64.1 Å². The van der Waals surface area contributed by atoms with Crippen molar-refractivity contribution in [3.05, 3.63) is 78.6 Å². The zero-order chi connectivity index (χ0) is 15.2. The maximum Gasteiger partial charge on any atom is 0.258 e. The quantitative estimate of drug-likeness (QED) is 0.798. The minimum absolute atomic E-state index is 0.266. The van der Waals surface area contributed by atoms with E-state index in [0.29, 0.717) is 11.3 Å². The van der Waals surface area contributed by atoms with E-state index in [0.717, 1.165) is 5.75 Å². The maximum absolute atomic E-state index is 12.1. The number of carbonyl (C=O) groups is 1. The second-order valence-corrected chi connectivity index (χ2v) is 4.47. The van der Waals surface area contributed by atoms with E-state index in [1.54, 1.807) is 42.7 Å². The number of amides is 1. The summed E-state index contributed by atoms with van der Waals surface area (Å²) in [6, 6.07) is 18.0. The van der Waals surface area contributed by atoms with Crippen LogP contribution in [-0.4, -0.2) is 15.9 Å². The zero-order valence-electron chi connectivity index (χ0n) is 11.6. The largest absolute Gasteiger partial charge is 0.457 e. The van der Waals surface area contributed by atoms with Crippen LogP contribution in [-0.2, 0) is 0 Å². The molecule has 0 saturated carbocycles. The molecule has 0 radical (unpaired) electrons. The van der Waals surface area contributed by atoms with Crippen LogP contribution in [0, 0.1) is 0 Å². The van der Waals surface area contributed by atoms with Gasteiger partial charge in [0.25, 0.3) is 5.91 Å². The molecule has 0 atom stereocenters. The third-order valence-corrected chi connectivity index (χ3v) is 2.89. The Morgan fingerprint density at radius 2 is 1.45 bits per heavy atom. The molecule has 0 bridgehead atoms. The van der Waals surface area contributed by atoms with Crippen molar-refractivity contribution in [2.45, 2.75) is 0 Å². The molecule has 1 aromatic heterocycles.